The molecule has 10 nitrogen and oxygen atoms in total. The lowest BCUT2D eigenvalue weighted by molar-refractivity contribution is -0.277. The largest absolute Gasteiger partial charge is 0.507 e. The van der Waals surface area contributed by atoms with Crippen molar-refractivity contribution in [3.05, 3.63) is 51.6 Å². The van der Waals surface area contributed by atoms with Crippen molar-refractivity contribution in [2.75, 3.05) is 13.7 Å². The predicted octanol–water partition coefficient (Wildman–Crippen LogP) is -0.0283. The molecule has 2 aromatic rings. The van der Waals surface area contributed by atoms with E-state index in [1.165, 1.54) is 25.3 Å². The fraction of sp³-hybridized carbons (Fsp3) is 0.391. The molecular formula is C23H24O10. The molecule has 1 aliphatic carbocycles. The zero-order chi connectivity index (χ0) is 24.2. The first-order chi connectivity index (χ1) is 15.6. The second-order valence-electron chi connectivity index (χ2n) is 8.14. The number of hydrogen-bond donors (Lipinski definition) is 5. The zero-order valence-corrected chi connectivity index (χ0v) is 18.1. The molecule has 1 fully saturated rings. The first-order valence-electron chi connectivity index (χ1n) is 10.2. The van der Waals surface area contributed by atoms with Crippen molar-refractivity contribution in [3.63, 3.8) is 0 Å². The Morgan fingerprint density at radius 1 is 0.939 bits per heavy atom. The highest BCUT2D eigenvalue weighted by Crippen LogP contribution is 2.43. The van der Waals surface area contributed by atoms with Gasteiger partial charge in [-0.2, -0.15) is 0 Å². The minimum atomic E-state index is -1.73. The van der Waals surface area contributed by atoms with Crippen molar-refractivity contribution >= 4 is 11.6 Å². The van der Waals surface area contributed by atoms with E-state index >= 15 is 0 Å². The summed E-state index contributed by atoms with van der Waals surface area (Å²) in [6.07, 6.45) is -7.86. The highest BCUT2D eigenvalue weighted by Gasteiger charge is 2.46. The third-order valence-corrected chi connectivity index (χ3v) is 5.99. The number of phenolic OH excluding ortho intramolecular Hbond substituents is 1. The Bertz CT molecular complexity index is 1140. The van der Waals surface area contributed by atoms with Crippen LogP contribution in [0.1, 0.15) is 43.0 Å². The first-order valence-corrected chi connectivity index (χ1v) is 10.2. The molecule has 2 aromatic carbocycles. The van der Waals surface area contributed by atoms with Crippen molar-refractivity contribution in [1.82, 2.24) is 0 Å². The van der Waals surface area contributed by atoms with Crippen LogP contribution in [0.15, 0.2) is 18.2 Å². The molecule has 0 bridgehead atoms. The lowest BCUT2D eigenvalue weighted by Crippen LogP contribution is -2.60. The van der Waals surface area contributed by atoms with Gasteiger partial charge in [-0.3, -0.25) is 9.59 Å². The average Bonchev–Trinajstić information content (AvgIpc) is 2.78. The summed E-state index contributed by atoms with van der Waals surface area (Å²) in [7, 11) is 1.37. The molecule has 2 aliphatic rings. The Balaban J connectivity index is 1.87. The van der Waals surface area contributed by atoms with Crippen LogP contribution in [0.3, 0.4) is 0 Å². The Morgan fingerprint density at radius 3 is 2.24 bits per heavy atom. The van der Waals surface area contributed by atoms with Gasteiger partial charge < -0.3 is 39.7 Å². The predicted molar refractivity (Wildman–Crippen MR) is 112 cm³/mol. The molecule has 5 atom stereocenters. The summed E-state index contributed by atoms with van der Waals surface area (Å²) >= 11 is 0. The molecule has 0 aromatic heterocycles. The van der Waals surface area contributed by atoms with Gasteiger partial charge in [-0.05, 0) is 37.6 Å². The van der Waals surface area contributed by atoms with E-state index in [0.717, 1.165) is 0 Å². The quantitative estimate of drug-likeness (QED) is 0.357. The smallest absolute Gasteiger partial charge is 0.229 e. The number of ether oxygens (including phenoxy) is 3. The molecule has 0 amide bonds. The van der Waals surface area contributed by atoms with Gasteiger partial charge in [-0.15, -0.1) is 0 Å². The molecular weight excluding hydrogens is 436 g/mol. The van der Waals surface area contributed by atoms with Gasteiger partial charge >= 0.3 is 0 Å². The molecule has 0 spiro atoms. The van der Waals surface area contributed by atoms with E-state index in [0.29, 0.717) is 11.1 Å². The molecule has 0 saturated carbocycles. The van der Waals surface area contributed by atoms with Gasteiger partial charge in [0.25, 0.3) is 0 Å². The van der Waals surface area contributed by atoms with Gasteiger partial charge in [0.1, 0.15) is 41.7 Å². The number of aryl methyl sites for hydroxylation is 1. The molecule has 1 heterocycles. The van der Waals surface area contributed by atoms with Crippen LogP contribution in [-0.4, -0.2) is 81.5 Å². The maximum absolute atomic E-state index is 13.5. The molecule has 5 N–H and O–H groups in total. The van der Waals surface area contributed by atoms with Crippen molar-refractivity contribution in [3.8, 4) is 17.2 Å². The van der Waals surface area contributed by atoms with Crippen LogP contribution in [0.2, 0.25) is 0 Å². The highest BCUT2D eigenvalue weighted by molar-refractivity contribution is 6.30. The minimum Gasteiger partial charge on any atom is -0.507 e. The van der Waals surface area contributed by atoms with E-state index in [9.17, 15) is 35.1 Å². The van der Waals surface area contributed by atoms with Gasteiger partial charge in [-0.25, -0.2) is 0 Å². The van der Waals surface area contributed by atoms with Crippen LogP contribution in [0.25, 0.3) is 0 Å². The van der Waals surface area contributed by atoms with E-state index in [4.69, 9.17) is 14.2 Å². The molecule has 4 rings (SSSR count). The van der Waals surface area contributed by atoms with Crippen LogP contribution in [-0.2, 0) is 4.74 Å². The molecule has 1 saturated heterocycles. The number of aliphatic hydroxyl groups excluding tert-OH is 4. The second-order valence-corrected chi connectivity index (χ2v) is 8.14. The zero-order valence-electron chi connectivity index (χ0n) is 18.1. The van der Waals surface area contributed by atoms with Crippen LogP contribution in [0, 0.1) is 13.8 Å². The van der Waals surface area contributed by atoms with Crippen LogP contribution in [0.5, 0.6) is 17.2 Å². The SMILES string of the molecule is COc1cc2c(c(O[C@@H]3O[C@H](CO)[C@@H](O)[C@H](O)[C@H]3O)c1C)C(=O)c1c(O)cc(C)cc1C2=O. The standard InChI is InChI=1S/C23H24O10/c1-8-4-10-15(12(25)5-8)19(28)16-11(17(10)26)6-13(31-3)9(2)22(16)33-23-21(30)20(29)18(27)14(7-24)32-23/h4-6,14,18,20-21,23-25,27,29-30H,7H2,1-3H3/t14-,18-,20+,21-,23+/m1/s1. The maximum atomic E-state index is 13.5. The van der Waals surface area contributed by atoms with Crippen LogP contribution >= 0.6 is 0 Å². The number of aliphatic hydroxyl groups is 4. The van der Waals surface area contributed by atoms with Gasteiger partial charge in [0.05, 0.1) is 24.8 Å². The third kappa shape index (κ3) is 3.56. The average molecular weight is 460 g/mol. The minimum absolute atomic E-state index is 0.0282. The van der Waals surface area contributed by atoms with Gasteiger partial charge in [0.15, 0.2) is 5.78 Å². The summed E-state index contributed by atoms with van der Waals surface area (Å²) in [5, 5.41) is 50.3. The molecule has 10 heteroatoms. The van der Waals surface area contributed by atoms with Crippen LogP contribution in [0.4, 0.5) is 0 Å². The number of ketones is 2. The van der Waals surface area contributed by atoms with Gasteiger partial charge in [0.2, 0.25) is 12.1 Å². The maximum Gasteiger partial charge on any atom is 0.229 e. The second kappa shape index (κ2) is 8.40. The number of aromatic hydroxyl groups is 1. The number of hydrogen-bond acceptors (Lipinski definition) is 10. The summed E-state index contributed by atoms with van der Waals surface area (Å²) in [5.74, 6) is -1.51. The fourth-order valence-electron chi connectivity index (χ4n) is 4.23. The summed E-state index contributed by atoms with van der Waals surface area (Å²) in [6.45, 7) is 2.56. The number of rotatable bonds is 4. The van der Waals surface area contributed by atoms with E-state index in [1.807, 2.05) is 0 Å². The number of phenols is 1. The monoisotopic (exact) mass is 460 g/mol. The van der Waals surface area contributed by atoms with E-state index in [1.54, 1.807) is 13.8 Å². The van der Waals surface area contributed by atoms with Crippen LogP contribution < -0.4 is 9.47 Å². The summed E-state index contributed by atoms with van der Waals surface area (Å²) < 4.78 is 16.5. The molecule has 33 heavy (non-hydrogen) atoms. The molecule has 0 radical (unpaired) electrons. The fourth-order valence-corrected chi connectivity index (χ4v) is 4.23. The van der Waals surface area contributed by atoms with Crippen molar-refractivity contribution in [1.29, 1.82) is 0 Å². The van der Waals surface area contributed by atoms with Gasteiger partial charge in [0, 0.05) is 16.7 Å². The van der Waals surface area contributed by atoms with Gasteiger partial charge in [-0.1, -0.05) is 0 Å². The summed E-state index contributed by atoms with van der Waals surface area (Å²) in [4.78, 5) is 26.7. The molecule has 0 unspecified atom stereocenters. The Labute approximate surface area is 188 Å². The van der Waals surface area contributed by atoms with E-state index < -0.39 is 48.9 Å². The summed E-state index contributed by atoms with van der Waals surface area (Å²) in [6, 6.07) is 4.26. The lowest BCUT2D eigenvalue weighted by atomic mass is 9.81. The highest BCUT2D eigenvalue weighted by atomic mass is 16.7. The Hall–Kier alpha value is -3.02. The summed E-state index contributed by atoms with van der Waals surface area (Å²) in [5.41, 5.74) is 0.551. The first kappa shape index (κ1) is 23.1. The number of carbonyl (C=O) groups excluding carboxylic acids is 2. The Kier molecular flexibility index (Phi) is 5.89. The van der Waals surface area contributed by atoms with Crippen molar-refractivity contribution in [2.24, 2.45) is 0 Å². The normalized spacial score (nSPS) is 26.6. The third-order valence-electron chi connectivity index (χ3n) is 5.99. The van der Waals surface area contributed by atoms with E-state index in [2.05, 4.69) is 0 Å². The van der Waals surface area contributed by atoms with Crippen molar-refractivity contribution < 1.29 is 49.3 Å². The number of fused-ring (bicyclic) bond motifs is 2. The Morgan fingerprint density at radius 2 is 1.61 bits per heavy atom. The molecule has 176 valence electrons. The van der Waals surface area contributed by atoms with Crippen molar-refractivity contribution in [2.45, 2.75) is 44.6 Å². The molecule has 1 aliphatic heterocycles. The topological polar surface area (TPSA) is 163 Å². The number of methoxy groups -OCH3 is 1. The lowest BCUT2D eigenvalue weighted by Gasteiger charge is -2.40. The number of carbonyl (C=O) groups is 2. The van der Waals surface area contributed by atoms with E-state index in [-0.39, 0.29) is 39.5 Å². The number of benzene rings is 2.